The van der Waals surface area contributed by atoms with Gasteiger partial charge in [-0.25, -0.2) is 14.8 Å². The standard InChI is InChI=1S/C47H29N5/c1-48-34-18-12-17-33(28-34)47-49-40(31-14-4-2-5-15-31)30-41(50-47)32-16-13-21-36(29-32)52-42-24-10-8-22-37(42)38-26-27-44-45(46(38)52)39-23-9-11-25-43(39)51(44)35-19-6-3-7-20-35/h2-30H. The monoisotopic (exact) mass is 663 g/mol. The molecule has 5 nitrogen and oxygen atoms in total. The van der Waals surface area contributed by atoms with Crippen molar-refractivity contribution in [3.05, 3.63) is 187 Å². The molecular formula is C47H29N5. The molecule has 0 aliphatic carbocycles. The first kappa shape index (κ1) is 29.6. The Hall–Kier alpha value is -7.29. The predicted octanol–water partition coefficient (Wildman–Crippen LogP) is 12.2. The van der Waals surface area contributed by atoms with Gasteiger partial charge in [0, 0.05) is 49.6 Å². The molecule has 0 aliphatic heterocycles. The van der Waals surface area contributed by atoms with Crippen LogP contribution in [0.3, 0.4) is 0 Å². The number of hydrogen-bond acceptors (Lipinski definition) is 2. The molecular weight excluding hydrogens is 635 g/mol. The van der Waals surface area contributed by atoms with Crippen LogP contribution in [-0.2, 0) is 0 Å². The van der Waals surface area contributed by atoms with Crippen LogP contribution in [0, 0.1) is 6.57 Å². The number of aromatic nitrogens is 4. The van der Waals surface area contributed by atoms with Gasteiger partial charge in [0.2, 0.25) is 0 Å². The van der Waals surface area contributed by atoms with Gasteiger partial charge in [0.15, 0.2) is 11.5 Å². The highest BCUT2D eigenvalue weighted by Crippen LogP contribution is 2.42. The molecule has 0 bridgehead atoms. The summed E-state index contributed by atoms with van der Waals surface area (Å²) in [7, 11) is 0. The van der Waals surface area contributed by atoms with Crippen molar-refractivity contribution >= 4 is 49.3 Å². The lowest BCUT2D eigenvalue weighted by molar-refractivity contribution is 1.16. The average molecular weight is 664 g/mol. The summed E-state index contributed by atoms with van der Waals surface area (Å²) in [4.78, 5) is 13.8. The zero-order valence-electron chi connectivity index (χ0n) is 28.0. The molecule has 0 N–H and O–H groups in total. The van der Waals surface area contributed by atoms with Crippen LogP contribution in [-0.4, -0.2) is 19.1 Å². The summed E-state index contributed by atoms with van der Waals surface area (Å²) in [6.07, 6.45) is 0. The normalized spacial score (nSPS) is 11.4. The quantitative estimate of drug-likeness (QED) is 0.172. The topological polar surface area (TPSA) is 40.0 Å². The lowest BCUT2D eigenvalue weighted by atomic mass is 10.1. The van der Waals surface area contributed by atoms with E-state index < -0.39 is 0 Å². The maximum atomic E-state index is 7.58. The van der Waals surface area contributed by atoms with Gasteiger partial charge in [0.1, 0.15) is 0 Å². The summed E-state index contributed by atoms with van der Waals surface area (Å²) < 4.78 is 4.79. The molecule has 3 aromatic heterocycles. The Morgan fingerprint density at radius 1 is 0.423 bits per heavy atom. The van der Waals surface area contributed by atoms with Crippen LogP contribution in [0.15, 0.2) is 176 Å². The fraction of sp³-hybridized carbons (Fsp3) is 0. The number of benzene rings is 7. The molecule has 0 atom stereocenters. The lowest BCUT2D eigenvalue weighted by Gasteiger charge is -2.13. The molecule has 7 aromatic carbocycles. The van der Waals surface area contributed by atoms with Crippen molar-refractivity contribution in [2.24, 2.45) is 0 Å². The second-order valence-electron chi connectivity index (χ2n) is 12.9. The van der Waals surface area contributed by atoms with Crippen LogP contribution in [0.2, 0.25) is 0 Å². The lowest BCUT2D eigenvalue weighted by Crippen LogP contribution is -1.98. The van der Waals surface area contributed by atoms with Gasteiger partial charge in [-0.3, -0.25) is 0 Å². The first-order chi connectivity index (χ1) is 25.7. The molecule has 0 fully saturated rings. The first-order valence-electron chi connectivity index (χ1n) is 17.3. The first-order valence-corrected chi connectivity index (χ1v) is 17.3. The molecule has 0 radical (unpaired) electrons. The van der Waals surface area contributed by atoms with Crippen molar-refractivity contribution in [1.82, 2.24) is 19.1 Å². The van der Waals surface area contributed by atoms with Gasteiger partial charge in [-0.2, -0.15) is 0 Å². The minimum atomic E-state index is 0.557. The van der Waals surface area contributed by atoms with Crippen LogP contribution in [0.1, 0.15) is 0 Å². The molecule has 10 aromatic rings. The zero-order chi connectivity index (χ0) is 34.6. The number of rotatable bonds is 5. The maximum absolute atomic E-state index is 7.58. The second kappa shape index (κ2) is 11.9. The highest BCUT2D eigenvalue weighted by atomic mass is 15.0. The van der Waals surface area contributed by atoms with E-state index in [9.17, 15) is 0 Å². The van der Waals surface area contributed by atoms with E-state index in [4.69, 9.17) is 16.5 Å². The number of nitrogens with zero attached hydrogens (tertiary/aromatic N) is 5. The van der Waals surface area contributed by atoms with E-state index in [1.165, 1.54) is 32.6 Å². The summed E-state index contributed by atoms with van der Waals surface area (Å²) in [5.41, 5.74) is 11.8. The SMILES string of the molecule is [C-]#[N+]c1cccc(-c2nc(-c3ccccc3)cc(-c3cccc(-n4c5ccccc5c5ccc6c(c7ccccc7n6-c6ccccc6)c54)c3)n2)c1. The largest absolute Gasteiger partial charge is 0.309 e. The fourth-order valence-electron chi connectivity index (χ4n) is 7.63. The Morgan fingerprint density at radius 2 is 1.04 bits per heavy atom. The maximum Gasteiger partial charge on any atom is 0.187 e. The molecule has 0 aliphatic rings. The molecule has 242 valence electrons. The van der Waals surface area contributed by atoms with E-state index in [0.717, 1.165) is 50.5 Å². The van der Waals surface area contributed by atoms with E-state index in [-0.39, 0.29) is 0 Å². The molecule has 3 heterocycles. The van der Waals surface area contributed by atoms with Crippen molar-refractivity contribution in [1.29, 1.82) is 0 Å². The Morgan fingerprint density at radius 3 is 1.83 bits per heavy atom. The van der Waals surface area contributed by atoms with Crippen molar-refractivity contribution < 1.29 is 0 Å². The van der Waals surface area contributed by atoms with E-state index in [2.05, 4.69) is 147 Å². The van der Waals surface area contributed by atoms with Gasteiger partial charge in [-0.1, -0.05) is 121 Å². The van der Waals surface area contributed by atoms with E-state index in [0.29, 0.717) is 11.5 Å². The van der Waals surface area contributed by atoms with Crippen LogP contribution < -0.4 is 0 Å². The molecule has 0 saturated carbocycles. The van der Waals surface area contributed by atoms with E-state index >= 15 is 0 Å². The summed E-state index contributed by atoms with van der Waals surface area (Å²) in [5, 5.41) is 4.84. The third-order valence-electron chi connectivity index (χ3n) is 9.91. The predicted molar refractivity (Wildman–Crippen MR) is 213 cm³/mol. The van der Waals surface area contributed by atoms with E-state index in [1.54, 1.807) is 0 Å². The smallest absolute Gasteiger partial charge is 0.187 e. The molecule has 5 heteroatoms. The third kappa shape index (κ3) is 4.70. The van der Waals surface area contributed by atoms with Gasteiger partial charge in [-0.15, -0.1) is 0 Å². The molecule has 0 spiro atoms. The van der Waals surface area contributed by atoms with Crippen LogP contribution in [0.5, 0.6) is 0 Å². The Balaban J connectivity index is 1.24. The van der Waals surface area contributed by atoms with Gasteiger partial charge in [0.25, 0.3) is 0 Å². The van der Waals surface area contributed by atoms with E-state index in [1.807, 2.05) is 42.5 Å². The van der Waals surface area contributed by atoms with Crippen molar-refractivity contribution in [3.8, 4) is 45.3 Å². The fourth-order valence-corrected chi connectivity index (χ4v) is 7.63. The van der Waals surface area contributed by atoms with Gasteiger partial charge < -0.3 is 9.13 Å². The molecule has 0 amide bonds. The van der Waals surface area contributed by atoms with Crippen LogP contribution in [0.25, 0.3) is 93.7 Å². The minimum Gasteiger partial charge on any atom is -0.309 e. The van der Waals surface area contributed by atoms with Crippen molar-refractivity contribution in [2.75, 3.05) is 0 Å². The Kier molecular flexibility index (Phi) is 6.80. The van der Waals surface area contributed by atoms with Gasteiger partial charge in [-0.05, 0) is 54.6 Å². The molecule has 0 saturated heterocycles. The molecule has 52 heavy (non-hydrogen) atoms. The summed E-state index contributed by atoms with van der Waals surface area (Å²) in [5.74, 6) is 0.583. The summed E-state index contributed by atoms with van der Waals surface area (Å²) in [6, 6.07) is 61.0. The Labute approximate surface area is 300 Å². The summed E-state index contributed by atoms with van der Waals surface area (Å²) in [6.45, 7) is 7.58. The Bertz CT molecular complexity index is 3020. The van der Waals surface area contributed by atoms with Crippen molar-refractivity contribution in [3.63, 3.8) is 0 Å². The number of fused-ring (bicyclic) bond motifs is 7. The highest BCUT2D eigenvalue weighted by molar-refractivity contribution is 6.26. The van der Waals surface area contributed by atoms with Gasteiger partial charge >= 0.3 is 0 Å². The van der Waals surface area contributed by atoms with Crippen molar-refractivity contribution in [2.45, 2.75) is 0 Å². The van der Waals surface area contributed by atoms with Crippen LogP contribution in [0.4, 0.5) is 5.69 Å². The van der Waals surface area contributed by atoms with Crippen LogP contribution >= 0.6 is 0 Å². The zero-order valence-corrected chi connectivity index (χ0v) is 28.0. The molecule has 10 rings (SSSR count). The third-order valence-corrected chi connectivity index (χ3v) is 9.91. The van der Waals surface area contributed by atoms with Gasteiger partial charge in [0.05, 0.1) is 40.0 Å². The highest BCUT2D eigenvalue weighted by Gasteiger charge is 2.21. The average Bonchev–Trinajstić information content (AvgIpc) is 3.74. The minimum absolute atomic E-state index is 0.557. The number of hydrogen-bond donors (Lipinski definition) is 0. The molecule has 0 unspecified atom stereocenters. The summed E-state index contributed by atoms with van der Waals surface area (Å²) >= 11 is 0. The second-order valence-corrected chi connectivity index (χ2v) is 12.9. The number of para-hydroxylation sites is 3.